The van der Waals surface area contributed by atoms with Crippen molar-refractivity contribution < 1.29 is 19.1 Å². The number of nitrogens with zero attached hydrogens (tertiary/aromatic N) is 1. The molecule has 0 saturated heterocycles. The van der Waals surface area contributed by atoms with Gasteiger partial charge in [0.05, 0.1) is 7.11 Å². The predicted octanol–water partition coefficient (Wildman–Crippen LogP) is 7.51. The van der Waals surface area contributed by atoms with Crippen molar-refractivity contribution in [3.63, 3.8) is 0 Å². The Labute approximate surface area is 246 Å². The van der Waals surface area contributed by atoms with Crippen LogP contribution in [-0.4, -0.2) is 30.0 Å². The maximum Gasteiger partial charge on any atom is 0.328 e. The molecule has 0 aliphatic rings. The van der Waals surface area contributed by atoms with Gasteiger partial charge in [-0.1, -0.05) is 93.6 Å². The summed E-state index contributed by atoms with van der Waals surface area (Å²) in [5.41, 5.74) is 4.60. The minimum atomic E-state index is -0.858. The third-order valence-electron chi connectivity index (χ3n) is 7.17. The summed E-state index contributed by atoms with van der Waals surface area (Å²) >= 11 is 0. The van der Waals surface area contributed by atoms with E-state index in [9.17, 15) is 9.59 Å². The van der Waals surface area contributed by atoms with Crippen LogP contribution in [0.4, 0.5) is 0 Å². The Kier molecular flexibility index (Phi) is 8.34. The molecule has 0 saturated carbocycles. The van der Waals surface area contributed by atoms with E-state index >= 15 is 0 Å². The SMILES string of the molecule is COC(=O)[C@H](Cc1ccc(-c2ccccc2)cc1)NC(=O)c1cc2ccc(Oc3ccc(C(C)(C)C)cc3)cc2cn1. The summed E-state index contributed by atoms with van der Waals surface area (Å²) in [6.07, 6.45) is 1.92. The average molecular weight is 559 g/mol. The number of amides is 1. The van der Waals surface area contributed by atoms with Gasteiger partial charge in [-0.2, -0.15) is 0 Å². The molecule has 1 N–H and O–H groups in total. The quantitative estimate of drug-likeness (QED) is 0.200. The number of aromatic nitrogens is 1. The van der Waals surface area contributed by atoms with Crippen LogP contribution in [0, 0.1) is 0 Å². The van der Waals surface area contributed by atoms with Crippen LogP contribution in [0.1, 0.15) is 42.4 Å². The summed E-state index contributed by atoms with van der Waals surface area (Å²) in [6, 6.07) is 32.5. The fraction of sp³-hybridized carbons (Fsp3) is 0.194. The zero-order valence-corrected chi connectivity index (χ0v) is 24.3. The Bertz CT molecular complexity index is 1690. The van der Waals surface area contributed by atoms with Crippen molar-refractivity contribution in [1.82, 2.24) is 10.3 Å². The molecule has 0 fully saturated rings. The molecule has 1 heterocycles. The van der Waals surface area contributed by atoms with Gasteiger partial charge in [-0.3, -0.25) is 9.78 Å². The molecule has 1 amide bonds. The number of carbonyl (C=O) groups is 2. The van der Waals surface area contributed by atoms with E-state index in [2.05, 4.69) is 43.2 Å². The summed E-state index contributed by atoms with van der Waals surface area (Å²) < 4.78 is 11.0. The number of pyridine rings is 1. The van der Waals surface area contributed by atoms with Gasteiger partial charge in [0.25, 0.3) is 5.91 Å². The van der Waals surface area contributed by atoms with Crippen molar-refractivity contribution in [2.45, 2.75) is 38.6 Å². The number of nitrogens with one attached hydrogen (secondary N) is 1. The van der Waals surface area contributed by atoms with Gasteiger partial charge in [0.2, 0.25) is 0 Å². The second-order valence-corrected chi connectivity index (χ2v) is 11.3. The lowest BCUT2D eigenvalue weighted by molar-refractivity contribution is -0.142. The highest BCUT2D eigenvalue weighted by Gasteiger charge is 2.23. The third-order valence-corrected chi connectivity index (χ3v) is 7.17. The van der Waals surface area contributed by atoms with Gasteiger partial charge in [-0.15, -0.1) is 0 Å². The van der Waals surface area contributed by atoms with E-state index in [1.807, 2.05) is 84.9 Å². The summed E-state index contributed by atoms with van der Waals surface area (Å²) in [4.78, 5) is 30.1. The number of benzene rings is 4. The van der Waals surface area contributed by atoms with E-state index in [4.69, 9.17) is 9.47 Å². The Morgan fingerprint density at radius 1 is 0.786 bits per heavy atom. The highest BCUT2D eigenvalue weighted by Crippen LogP contribution is 2.29. The highest BCUT2D eigenvalue weighted by atomic mass is 16.5. The zero-order chi connectivity index (χ0) is 29.7. The number of fused-ring (bicyclic) bond motifs is 1. The Balaban J connectivity index is 1.27. The van der Waals surface area contributed by atoms with Gasteiger partial charge < -0.3 is 14.8 Å². The van der Waals surface area contributed by atoms with Crippen molar-refractivity contribution in [2.75, 3.05) is 7.11 Å². The molecule has 0 bridgehead atoms. The molecule has 0 aliphatic heterocycles. The van der Waals surface area contributed by atoms with E-state index in [0.29, 0.717) is 12.2 Å². The molecule has 5 rings (SSSR count). The average Bonchev–Trinajstić information content (AvgIpc) is 3.00. The monoisotopic (exact) mass is 558 g/mol. The smallest absolute Gasteiger partial charge is 0.328 e. The van der Waals surface area contributed by atoms with Crippen molar-refractivity contribution in [3.05, 3.63) is 126 Å². The minimum Gasteiger partial charge on any atom is -0.467 e. The van der Waals surface area contributed by atoms with Crippen LogP contribution in [0.3, 0.4) is 0 Å². The topological polar surface area (TPSA) is 77.5 Å². The number of rotatable bonds is 8. The van der Waals surface area contributed by atoms with Crippen molar-refractivity contribution in [1.29, 1.82) is 0 Å². The fourth-order valence-electron chi connectivity index (χ4n) is 4.73. The van der Waals surface area contributed by atoms with Gasteiger partial charge in [-0.05, 0) is 63.4 Å². The first kappa shape index (κ1) is 28.6. The number of hydrogen-bond donors (Lipinski definition) is 1. The summed E-state index contributed by atoms with van der Waals surface area (Å²) in [6.45, 7) is 6.52. The van der Waals surface area contributed by atoms with Crippen LogP contribution in [-0.2, 0) is 21.4 Å². The van der Waals surface area contributed by atoms with E-state index in [1.165, 1.54) is 12.7 Å². The molecule has 6 nitrogen and oxygen atoms in total. The van der Waals surface area contributed by atoms with Gasteiger partial charge in [0.15, 0.2) is 0 Å². The Morgan fingerprint density at radius 3 is 2.12 bits per heavy atom. The highest BCUT2D eigenvalue weighted by molar-refractivity contribution is 5.98. The third kappa shape index (κ3) is 6.84. The van der Waals surface area contributed by atoms with E-state index in [1.54, 1.807) is 12.3 Å². The van der Waals surface area contributed by atoms with Crippen molar-refractivity contribution in [2.24, 2.45) is 0 Å². The number of methoxy groups -OCH3 is 1. The first-order valence-corrected chi connectivity index (χ1v) is 13.9. The number of esters is 1. The summed E-state index contributed by atoms with van der Waals surface area (Å²) in [5.74, 6) is 0.449. The molecule has 4 aromatic carbocycles. The molecule has 212 valence electrons. The second kappa shape index (κ2) is 12.3. The summed E-state index contributed by atoms with van der Waals surface area (Å²) in [5, 5.41) is 4.46. The first-order valence-electron chi connectivity index (χ1n) is 13.9. The molecule has 5 aromatic rings. The molecule has 1 atom stereocenters. The van der Waals surface area contributed by atoms with E-state index < -0.39 is 17.9 Å². The fourth-order valence-corrected chi connectivity index (χ4v) is 4.73. The zero-order valence-electron chi connectivity index (χ0n) is 24.3. The van der Waals surface area contributed by atoms with Crippen LogP contribution in [0.25, 0.3) is 21.9 Å². The van der Waals surface area contributed by atoms with Gasteiger partial charge in [-0.25, -0.2) is 4.79 Å². The predicted molar refractivity (Wildman–Crippen MR) is 166 cm³/mol. The van der Waals surface area contributed by atoms with E-state index in [0.717, 1.165) is 33.2 Å². The maximum absolute atomic E-state index is 13.1. The van der Waals surface area contributed by atoms with Gasteiger partial charge in [0, 0.05) is 18.0 Å². The van der Waals surface area contributed by atoms with Crippen LogP contribution >= 0.6 is 0 Å². The van der Waals surface area contributed by atoms with Gasteiger partial charge >= 0.3 is 5.97 Å². The molecule has 0 spiro atoms. The standard InChI is InChI=1S/C36H34N2O4/c1-36(2,3)29-15-18-30(19-16-29)42-31-17-14-27-22-32(37-23-28(27)21-31)34(39)38-33(35(40)41-4)20-24-10-12-26(13-11-24)25-8-6-5-7-9-25/h5-19,21-23,33H,20H2,1-4H3,(H,38,39)/t33-/m0/s1. The lowest BCUT2D eigenvalue weighted by Crippen LogP contribution is -2.43. The molecule has 0 unspecified atom stereocenters. The van der Waals surface area contributed by atoms with Gasteiger partial charge in [0.1, 0.15) is 23.2 Å². The van der Waals surface area contributed by atoms with Crippen LogP contribution in [0.15, 0.2) is 109 Å². The molecule has 0 aliphatic carbocycles. The van der Waals surface area contributed by atoms with Crippen molar-refractivity contribution in [3.8, 4) is 22.6 Å². The largest absolute Gasteiger partial charge is 0.467 e. The molecule has 0 radical (unpaired) electrons. The molecular weight excluding hydrogens is 524 g/mol. The minimum absolute atomic E-state index is 0.0716. The van der Waals surface area contributed by atoms with Crippen LogP contribution in [0.5, 0.6) is 11.5 Å². The Hall–Kier alpha value is -4.97. The Morgan fingerprint density at radius 2 is 1.45 bits per heavy atom. The van der Waals surface area contributed by atoms with Crippen molar-refractivity contribution >= 4 is 22.6 Å². The molecule has 6 heteroatoms. The normalized spacial score (nSPS) is 12.0. The lowest BCUT2D eigenvalue weighted by Gasteiger charge is -2.19. The van der Waals surface area contributed by atoms with Crippen LogP contribution in [0.2, 0.25) is 0 Å². The maximum atomic E-state index is 13.1. The number of hydrogen-bond acceptors (Lipinski definition) is 5. The van der Waals surface area contributed by atoms with Crippen LogP contribution < -0.4 is 10.1 Å². The molecule has 1 aromatic heterocycles. The summed E-state index contributed by atoms with van der Waals surface area (Å²) in [7, 11) is 1.31. The number of carbonyl (C=O) groups excluding carboxylic acids is 2. The lowest BCUT2D eigenvalue weighted by atomic mass is 9.87. The second-order valence-electron chi connectivity index (χ2n) is 11.3. The molecular formula is C36H34N2O4. The van der Waals surface area contributed by atoms with E-state index in [-0.39, 0.29) is 11.1 Å². The first-order chi connectivity index (χ1) is 20.2. The molecule has 42 heavy (non-hydrogen) atoms. The number of ether oxygens (including phenoxy) is 2.